The van der Waals surface area contributed by atoms with Gasteiger partial charge >= 0.3 is 5.69 Å². The Morgan fingerprint density at radius 2 is 2.32 bits per heavy atom. The van der Waals surface area contributed by atoms with Gasteiger partial charge in [-0.25, -0.2) is 4.79 Å². The van der Waals surface area contributed by atoms with Crippen LogP contribution in [0.4, 0.5) is 0 Å². The van der Waals surface area contributed by atoms with Crippen molar-refractivity contribution in [2.45, 2.75) is 43.7 Å². The Labute approximate surface area is 142 Å². The summed E-state index contributed by atoms with van der Waals surface area (Å²) in [7, 11) is 1.35. The smallest absolute Gasteiger partial charge is 0.332 e. The van der Waals surface area contributed by atoms with Gasteiger partial charge in [-0.3, -0.25) is 13.9 Å². The molecule has 2 unspecified atom stereocenters. The third-order valence-corrected chi connectivity index (χ3v) is 4.32. The van der Waals surface area contributed by atoms with E-state index in [0.717, 1.165) is 11.0 Å². The van der Waals surface area contributed by atoms with Gasteiger partial charge in [0.05, 0.1) is 12.6 Å². The molecule has 3 heterocycles. The van der Waals surface area contributed by atoms with Gasteiger partial charge in [-0.2, -0.15) is 0 Å². The number of hydrogen-bond donors (Lipinski definition) is 1. The van der Waals surface area contributed by atoms with E-state index in [1.165, 1.54) is 23.9 Å². The van der Waals surface area contributed by atoms with Gasteiger partial charge in [0.15, 0.2) is 12.5 Å². The maximum absolute atomic E-state index is 12.4. The molecule has 0 radical (unpaired) electrons. The standard InChI is InChI=1S/C14H19N5O6/c1-18-9(20)4-5-19(14(18)22)13-12(25-10-3-2-6-23-10)11(21)8(24-13)7-16-17-15/h4-5,8,10-13,21H,2-3,6-7H2,1H3/t8-,10?,11?,12+,13-/m1/s1. The van der Waals surface area contributed by atoms with Crippen molar-refractivity contribution < 1.29 is 19.3 Å². The van der Waals surface area contributed by atoms with Crippen molar-refractivity contribution in [2.24, 2.45) is 12.2 Å². The lowest BCUT2D eigenvalue weighted by atomic mass is 10.1. The van der Waals surface area contributed by atoms with Crippen LogP contribution in [0.15, 0.2) is 27.0 Å². The fraction of sp³-hybridized carbons (Fsp3) is 0.714. The van der Waals surface area contributed by atoms with Gasteiger partial charge in [0.1, 0.15) is 12.2 Å². The van der Waals surface area contributed by atoms with Crippen LogP contribution < -0.4 is 11.2 Å². The van der Waals surface area contributed by atoms with Crippen LogP contribution in [-0.2, 0) is 21.3 Å². The average molecular weight is 353 g/mol. The quantitative estimate of drug-likeness (QED) is 0.435. The van der Waals surface area contributed by atoms with Gasteiger partial charge in [0.25, 0.3) is 5.56 Å². The van der Waals surface area contributed by atoms with E-state index in [1.807, 2.05) is 0 Å². The third kappa shape index (κ3) is 3.46. The van der Waals surface area contributed by atoms with Crippen LogP contribution in [0.1, 0.15) is 19.1 Å². The summed E-state index contributed by atoms with van der Waals surface area (Å²) in [4.78, 5) is 26.6. The Bertz CT molecular complexity index is 779. The summed E-state index contributed by atoms with van der Waals surface area (Å²) in [5.41, 5.74) is 7.42. The molecule has 2 fully saturated rings. The number of hydrogen-bond acceptors (Lipinski definition) is 7. The zero-order valence-corrected chi connectivity index (χ0v) is 13.6. The molecule has 25 heavy (non-hydrogen) atoms. The first-order valence-corrected chi connectivity index (χ1v) is 7.92. The molecule has 5 atom stereocenters. The maximum atomic E-state index is 12.4. The van der Waals surface area contributed by atoms with Crippen LogP contribution in [0, 0.1) is 0 Å². The Morgan fingerprint density at radius 1 is 1.52 bits per heavy atom. The van der Waals surface area contributed by atoms with E-state index in [-0.39, 0.29) is 6.54 Å². The molecule has 1 aromatic heterocycles. The van der Waals surface area contributed by atoms with Crippen molar-refractivity contribution in [1.29, 1.82) is 0 Å². The van der Waals surface area contributed by atoms with Crippen molar-refractivity contribution in [3.8, 4) is 0 Å². The topological polar surface area (TPSA) is 141 Å². The average Bonchev–Trinajstić information content (AvgIpc) is 3.21. The van der Waals surface area contributed by atoms with Gasteiger partial charge in [0.2, 0.25) is 0 Å². The van der Waals surface area contributed by atoms with Gasteiger partial charge in [-0.05, 0) is 12.0 Å². The minimum Gasteiger partial charge on any atom is -0.388 e. The van der Waals surface area contributed by atoms with Crippen LogP contribution in [-0.4, -0.2) is 52.0 Å². The molecule has 1 N–H and O–H groups in total. The van der Waals surface area contributed by atoms with E-state index >= 15 is 0 Å². The second-order valence-electron chi connectivity index (χ2n) is 5.92. The van der Waals surface area contributed by atoms with Crippen molar-refractivity contribution in [3.05, 3.63) is 43.5 Å². The fourth-order valence-corrected chi connectivity index (χ4v) is 2.97. The van der Waals surface area contributed by atoms with Crippen molar-refractivity contribution >= 4 is 0 Å². The Balaban J connectivity index is 1.92. The molecule has 0 spiro atoms. The van der Waals surface area contributed by atoms with Gasteiger partial charge in [-0.15, -0.1) is 0 Å². The monoisotopic (exact) mass is 353 g/mol. The second kappa shape index (κ2) is 7.38. The van der Waals surface area contributed by atoms with Crippen LogP contribution in [0.2, 0.25) is 0 Å². The molecular formula is C14H19N5O6. The van der Waals surface area contributed by atoms with Crippen LogP contribution >= 0.6 is 0 Å². The molecule has 1 aromatic rings. The predicted octanol–water partition coefficient (Wildman–Crippen LogP) is -0.363. The number of aliphatic hydroxyl groups is 1. The lowest BCUT2D eigenvalue weighted by Crippen LogP contribution is -2.43. The summed E-state index contributed by atoms with van der Waals surface area (Å²) in [6, 6.07) is 1.22. The van der Waals surface area contributed by atoms with Crippen LogP contribution in [0.3, 0.4) is 0 Å². The number of nitrogens with zero attached hydrogens (tertiary/aromatic N) is 5. The van der Waals surface area contributed by atoms with E-state index in [1.54, 1.807) is 0 Å². The number of aliphatic hydroxyl groups excluding tert-OH is 1. The molecule has 3 rings (SSSR count). The van der Waals surface area contributed by atoms with Crippen LogP contribution in [0.5, 0.6) is 0 Å². The largest absolute Gasteiger partial charge is 0.388 e. The maximum Gasteiger partial charge on any atom is 0.332 e. The van der Waals surface area contributed by atoms with Gasteiger partial charge < -0.3 is 19.3 Å². The molecule has 2 saturated heterocycles. The minimum absolute atomic E-state index is 0.111. The summed E-state index contributed by atoms with van der Waals surface area (Å²) in [5, 5.41) is 13.9. The Morgan fingerprint density at radius 3 is 3.00 bits per heavy atom. The van der Waals surface area contributed by atoms with E-state index in [0.29, 0.717) is 13.0 Å². The van der Waals surface area contributed by atoms with Crippen molar-refractivity contribution in [1.82, 2.24) is 9.13 Å². The van der Waals surface area contributed by atoms with E-state index in [9.17, 15) is 14.7 Å². The molecule has 0 aliphatic carbocycles. The predicted molar refractivity (Wildman–Crippen MR) is 83.7 cm³/mol. The zero-order chi connectivity index (χ0) is 18.0. The Kier molecular flexibility index (Phi) is 5.21. The third-order valence-electron chi connectivity index (χ3n) is 4.32. The van der Waals surface area contributed by atoms with Gasteiger partial charge in [0, 0.05) is 37.3 Å². The fourth-order valence-electron chi connectivity index (χ4n) is 2.97. The number of ether oxygens (including phenoxy) is 3. The Hall–Kier alpha value is -2.17. The number of azide groups is 1. The molecule has 0 aromatic carbocycles. The number of rotatable bonds is 5. The lowest BCUT2D eigenvalue weighted by molar-refractivity contribution is -0.182. The molecule has 0 amide bonds. The zero-order valence-electron chi connectivity index (χ0n) is 13.6. The van der Waals surface area contributed by atoms with Gasteiger partial charge in [-0.1, -0.05) is 5.11 Å². The molecule has 11 nitrogen and oxygen atoms in total. The summed E-state index contributed by atoms with van der Waals surface area (Å²) >= 11 is 0. The first-order valence-electron chi connectivity index (χ1n) is 7.92. The highest BCUT2D eigenvalue weighted by Gasteiger charge is 2.47. The molecule has 136 valence electrons. The van der Waals surface area contributed by atoms with Crippen molar-refractivity contribution in [3.63, 3.8) is 0 Å². The SMILES string of the molecule is Cn1c(=O)ccn([C@@H]2O[C@H](CN=[N+]=[N-])C(O)[C@@H]2OC2CCCO2)c1=O. The highest BCUT2D eigenvalue weighted by Crippen LogP contribution is 2.33. The highest BCUT2D eigenvalue weighted by molar-refractivity contribution is 4.96. The van der Waals surface area contributed by atoms with E-state index in [4.69, 9.17) is 19.7 Å². The summed E-state index contributed by atoms with van der Waals surface area (Å²) in [6.07, 6.45) is -1.55. The molecule has 0 bridgehead atoms. The normalized spacial score (nSPS) is 31.8. The summed E-state index contributed by atoms with van der Waals surface area (Å²) < 4.78 is 19.1. The van der Waals surface area contributed by atoms with Crippen LogP contribution in [0.25, 0.3) is 10.4 Å². The molecule has 2 aliphatic heterocycles. The summed E-state index contributed by atoms with van der Waals surface area (Å²) in [5.74, 6) is 0. The highest BCUT2D eigenvalue weighted by atomic mass is 16.7. The molecule has 11 heteroatoms. The molecule has 0 saturated carbocycles. The van der Waals surface area contributed by atoms with E-state index < -0.39 is 42.1 Å². The molecule has 2 aliphatic rings. The number of aromatic nitrogens is 2. The minimum atomic E-state index is -1.12. The summed E-state index contributed by atoms with van der Waals surface area (Å²) in [6.45, 7) is 0.445. The second-order valence-corrected chi connectivity index (χ2v) is 5.92. The van der Waals surface area contributed by atoms with Crippen molar-refractivity contribution in [2.75, 3.05) is 13.2 Å². The van der Waals surface area contributed by atoms with E-state index in [2.05, 4.69) is 10.0 Å². The lowest BCUT2D eigenvalue weighted by Gasteiger charge is -2.25. The first-order chi connectivity index (χ1) is 12.0. The first kappa shape index (κ1) is 17.6. The molecular weight excluding hydrogens is 334 g/mol.